The number of ether oxygens (including phenoxy) is 1. The van der Waals surface area contributed by atoms with Crippen molar-refractivity contribution in [3.63, 3.8) is 0 Å². The summed E-state index contributed by atoms with van der Waals surface area (Å²) in [5.74, 6) is -0.566. The zero-order valence-electron chi connectivity index (χ0n) is 17.9. The van der Waals surface area contributed by atoms with Gasteiger partial charge in [-0.3, -0.25) is 9.59 Å². The van der Waals surface area contributed by atoms with Gasteiger partial charge in [-0.15, -0.1) is 0 Å². The van der Waals surface area contributed by atoms with Gasteiger partial charge in [0.1, 0.15) is 11.6 Å². The molecule has 1 aromatic carbocycles. The molecule has 2 heterocycles. The highest BCUT2D eigenvalue weighted by molar-refractivity contribution is 7.16. The number of hydrogen-bond donors (Lipinski definition) is 1. The van der Waals surface area contributed by atoms with Crippen LogP contribution in [0, 0.1) is 5.92 Å². The second kappa shape index (κ2) is 10.3. The van der Waals surface area contributed by atoms with Gasteiger partial charge in [-0.25, -0.2) is 9.78 Å². The number of unbranched alkanes of at least 4 members (excludes halogenated alkanes) is 1. The predicted molar refractivity (Wildman–Crippen MR) is 119 cm³/mol. The van der Waals surface area contributed by atoms with Crippen LogP contribution < -0.4 is 10.9 Å². The standard InChI is InChI=1S/C22H26N4O4S/c1-4-5-10-19-25-26-20(28)12-15(23-22(26)31-19)13-30-21(29)16-8-6-7-9-17(16)24-18(27)11-14(2)3/h6-9,12,14H,4-5,10-11,13H2,1-3H3,(H,24,27). The third-order valence-electron chi connectivity index (χ3n) is 4.45. The second-order valence-corrected chi connectivity index (χ2v) is 8.69. The number of nitrogens with one attached hydrogen (secondary N) is 1. The van der Waals surface area contributed by atoms with E-state index in [1.807, 2.05) is 13.8 Å². The zero-order valence-corrected chi connectivity index (χ0v) is 18.7. The number of aryl methyl sites for hydroxylation is 1. The highest BCUT2D eigenvalue weighted by Gasteiger charge is 2.16. The van der Waals surface area contributed by atoms with Crippen LogP contribution in [0.1, 0.15) is 61.1 Å². The molecule has 0 saturated heterocycles. The largest absolute Gasteiger partial charge is 0.456 e. The topological polar surface area (TPSA) is 103 Å². The molecule has 0 bridgehead atoms. The first-order valence-electron chi connectivity index (χ1n) is 10.3. The van der Waals surface area contributed by atoms with Crippen LogP contribution >= 0.6 is 11.3 Å². The van der Waals surface area contributed by atoms with Crippen LogP contribution in [0.3, 0.4) is 0 Å². The molecular weight excluding hydrogens is 416 g/mol. The van der Waals surface area contributed by atoms with Gasteiger partial charge in [-0.1, -0.05) is 50.7 Å². The van der Waals surface area contributed by atoms with Gasteiger partial charge >= 0.3 is 5.97 Å². The second-order valence-electron chi connectivity index (χ2n) is 7.65. The van der Waals surface area contributed by atoms with Crippen LogP contribution in [0.2, 0.25) is 0 Å². The average Bonchev–Trinajstić information content (AvgIpc) is 3.14. The van der Waals surface area contributed by atoms with Crippen molar-refractivity contribution in [3.8, 4) is 0 Å². The van der Waals surface area contributed by atoms with Gasteiger partial charge in [-0.2, -0.15) is 9.61 Å². The van der Waals surface area contributed by atoms with Gasteiger partial charge < -0.3 is 10.1 Å². The SMILES string of the molecule is CCCCc1nn2c(=O)cc(COC(=O)c3ccccc3NC(=O)CC(C)C)nc2s1. The first-order chi connectivity index (χ1) is 14.9. The highest BCUT2D eigenvalue weighted by Crippen LogP contribution is 2.18. The lowest BCUT2D eigenvalue weighted by Crippen LogP contribution is -2.18. The van der Waals surface area contributed by atoms with Crippen LogP contribution in [0.25, 0.3) is 4.96 Å². The van der Waals surface area contributed by atoms with Crippen molar-refractivity contribution in [2.24, 2.45) is 5.92 Å². The van der Waals surface area contributed by atoms with Crippen LogP contribution in [-0.2, 0) is 22.6 Å². The molecule has 0 fully saturated rings. The molecule has 0 spiro atoms. The number of amides is 1. The number of aromatic nitrogens is 3. The summed E-state index contributed by atoms with van der Waals surface area (Å²) in [7, 11) is 0. The summed E-state index contributed by atoms with van der Waals surface area (Å²) < 4.78 is 6.65. The molecule has 9 heteroatoms. The minimum absolute atomic E-state index is 0.152. The Bertz CT molecular complexity index is 1140. The predicted octanol–water partition coefficient (Wildman–Crippen LogP) is 3.84. The van der Waals surface area contributed by atoms with E-state index < -0.39 is 5.97 Å². The van der Waals surface area contributed by atoms with Crippen LogP contribution in [-0.4, -0.2) is 26.5 Å². The monoisotopic (exact) mass is 442 g/mol. The Morgan fingerprint density at radius 2 is 2.03 bits per heavy atom. The summed E-state index contributed by atoms with van der Waals surface area (Å²) in [5, 5.41) is 7.92. The number of hydrogen-bond acceptors (Lipinski definition) is 7. The van der Waals surface area contributed by atoms with E-state index in [-0.39, 0.29) is 29.6 Å². The summed E-state index contributed by atoms with van der Waals surface area (Å²) in [5.41, 5.74) is 0.684. The highest BCUT2D eigenvalue weighted by atomic mass is 32.1. The molecule has 0 aliphatic rings. The number of nitrogens with zero attached hydrogens (tertiary/aromatic N) is 3. The first-order valence-corrected chi connectivity index (χ1v) is 11.1. The molecule has 2 aromatic heterocycles. The van der Waals surface area contributed by atoms with Crippen molar-refractivity contribution >= 4 is 33.9 Å². The summed E-state index contributed by atoms with van der Waals surface area (Å²) in [4.78, 5) is 41.9. The minimum Gasteiger partial charge on any atom is -0.456 e. The molecular formula is C22H26N4O4S. The molecule has 0 saturated carbocycles. The Balaban J connectivity index is 1.71. The number of esters is 1. The number of para-hydroxylation sites is 1. The molecule has 3 aromatic rings. The molecule has 0 unspecified atom stereocenters. The number of rotatable bonds is 9. The van der Waals surface area contributed by atoms with Crippen molar-refractivity contribution in [1.82, 2.24) is 14.6 Å². The van der Waals surface area contributed by atoms with Gasteiger partial charge in [0.2, 0.25) is 10.9 Å². The third-order valence-corrected chi connectivity index (χ3v) is 5.42. The smallest absolute Gasteiger partial charge is 0.340 e. The summed E-state index contributed by atoms with van der Waals surface area (Å²) in [6, 6.07) is 7.99. The van der Waals surface area contributed by atoms with Crippen molar-refractivity contribution in [2.75, 3.05) is 5.32 Å². The Hall–Kier alpha value is -3.07. The van der Waals surface area contributed by atoms with Crippen LogP contribution in [0.5, 0.6) is 0 Å². The Kier molecular flexibility index (Phi) is 7.51. The lowest BCUT2D eigenvalue weighted by molar-refractivity contribution is -0.116. The van der Waals surface area contributed by atoms with E-state index in [9.17, 15) is 14.4 Å². The molecule has 0 radical (unpaired) electrons. The maximum atomic E-state index is 12.6. The van der Waals surface area contributed by atoms with Gasteiger partial charge in [-0.05, 0) is 24.5 Å². The number of benzene rings is 1. The van der Waals surface area contributed by atoms with E-state index in [2.05, 4.69) is 22.3 Å². The van der Waals surface area contributed by atoms with Crippen molar-refractivity contribution in [3.05, 3.63) is 57.0 Å². The van der Waals surface area contributed by atoms with Crippen molar-refractivity contribution < 1.29 is 14.3 Å². The fourth-order valence-electron chi connectivity index (χ4n) is 2.96. The Morgan fingerprint density at radius 3 is 2.77 bits per heavy atom. The quantitative estimate of drug-likeness (QED) is 0.505. The number of carbonyl (C=O) groups is 2. The van der Waals surface area contributed by atoms with Crippen molar-refractivity contribution in [2.45, 2.75) is 53.1 Å². The molecule has 8 nitrogen and oxygen atoms in total. The van der Waals surface area contributed by atoms with E-state index >= 15 is 0 Å². The molecule has 1 amide bonds. The van der Waals surface area contributed by atoms with Crippen LogP contribution in [0.4, 0.5) is 5.69 Å². The van der Waals surface area contributed by atoms with Crippen molar-refractivity contribution in [1.29, 1.82) is 0 Å². The number of carbonyl (C=O) groups excluding carboxylic acids is 2. The van der Waals surface area contributed by atoms with E-state index in [1.165, 1.54) is 21.9 Å². The van der Waals surface area contributed by atoms with Crippen LogP contribution in [0.15, 0.2) is 35.1 Å². The molecule has 0 atom stereocenters. The fraction of sp³-hybridized carbons (Fsp3) is 0.409. The average molecular weight is 443 g/mol. The van der Waals surface area contributed by atoms with E-state index in [0.29, 0.717) is 22.8 Å². The molecule has 3 rings (SSSR count). The molecule has 31 heavy (non-hydrogen) atoms. The lowest BCUT2D eigenvalue weighted by atomic mass is 10.1. The summed E-state index contributed by atoms with van der Waals surface area (Å²) in [6.07, 6.45) is 3.19. The van der Waals surface area contributed by atoms with Gasteiger partial charge in [0.05, 0.1) is 16.9 Å². The molecule has 0 aliphatic heterocycles. The fourth-order valence-corrected chi connectivity index (χ4v) is 3.92. The minimum atomic E-state index is -0.601. The normalized spacial score (nSPS) is 11.1. The number of anilines is 1. The third kappa shape index (κ3) is 5.97. The summed E-state index contributed by atoms with van der Waals surface area (Å²) >= 11 is 1.36. The lowest BCUT2D eigenvalue weighted by Gasteiger charge is -2.11. The van der Waals surface area contributed by atoms with E-state index in [1.54, 1.807) is 24.3 Å². The molecule has 1 N–H and O–H groups in total. The maximum absolute atomic E-state index is 12.6. The Morgan fingerprint density at radius 1 is 1.26 bits per heavy atom. The zero-order chi connectivity index (χ0) is 22.4. The van der Waals surface area contributed by atoms with E-state index in [4.69, 9.17) is 4.74 Å². The first kappa shape index (κ1) is 22.6. The number of fused-ring (bicyclic) bond motifs is 1. The molecule has 164 valence electrons. The van der Waals surface area contributed by atoms with Gasteiger partial charge in [0.15, 0.2) is 0 Å². The molecule has 0 aliphatic carbocycles. The van der Waals surface area contributed by atoms with Gasteiger partial charge in [0, 0.05) is 18.9 Å². The Labute approximate surface area is 184 Å². The summed E-state index contributed by atoms with van der Waals surface area (Å²) in [6.45, 7) is 5.84. The maximum Gasteiger partial charge on any atom is 0.340 e. The van der Waals surface area contributed by atoms with E-state index in [0.717, 1.165) is 24.3 Å². The van der Waals surface area contributed by atoms with Gasteiger partial charge in [0.25, 0.3) is 5.56 Å².